The molecule has 2 unspecified atom stereocenters. The number of nitrogens with zero attached hydrogens (tertiary/aromatic N) is 1. The fourth-order valence-corrected chi connectivity index (χ4v) is 2.54. The number of amidine groups is 1. The van der Waals surface area contributed by atoms with Crippen LogP contribution in [0.25, 0.3) is 0 Å². The molecule has 0 amide bonds. The average molecular weight is 247 g/mol. The SMILES string of the molecule is CNC1(C)CCN(c2ccccc2)C(=N)C1OC. The van der Waals surface area contributed by atoms with Gasteiger partial charge in [-0.05, 0) is 32.5 Å². The zero-order valence-electron chi connectivity index (χ0n) is 11.2. The average Bonchev–Trinajstić information content (AvgIpc) is 2.40. The molecule has 1 heterocycles. The van der Waals surface area contributed by atoms with Crippen LogP contribution < -0.4 is 10.2 Å². The third-order valence-corrected chi connectivity index (χ3v) is 3.85. The summed E-state index contributed by atoms with van der Waals surface area (Å²) in [6.45, 7) is 2.94. The molecule has 0 radical (unpaired) electrons. The van der Waals surface area contributed by atoms with Crippen molar-refractivity contribution >= 4 is 11.5 Å². The molecule has 0 bridgehead atoms. The fourth-order valence-electron chi connectivity index (χ4n) is 2.54. The first-order valence-electron chi connectivity index (χ1n) is 6.25. The first-order chi connectivity index (χ1) is 8.62. The fraction of sp³-hybridized carbons (Fsp3) is 0.500. The highest BCUT2D eigenvalue weighted by Crippen LogP contribution is 2.28. The molecule has 0 aromatic heterocycles. The number of hydrogen-bond donors (Lipinski definition) is 2. The number of piperidine rings is 1. The van der Waals surface area contributed by atoms with E-state index in [-0.39, 0.29) is 11.6 Å². The van der Waals surface area contributed by atoms with Crippen molar-refractivity contribution in [3.05, 3.63) is 30.3 Å². The van der Waals surface area contributed by atoms with Crippen molar-refractivity contribution in [3.63, 3.8) is 0 Å². The normalized spacial score (nSPS) is 28.5. The zero-order chi connectivity index (χ0) is 13.2. The summed E-state index contributed by atoms with van der Waals surface area (Å²) in [5.41, 5.74) is 0.889. The molecule has 4 heteroatoms. The Kier molecular flexibility index (Phi) is 3.68. The van der Waals surface area contributed by atoms with Gasteiger partial charge in [-0.25, -0.2) is 0 Å². The van der Waals surface area contributed by atoms with Crippen LogP contribution in [0.2, 0.25) is 0 Å². The highest BCUT2D eigenvalue weighted by Gasteiger charge is 2.42. The topological polar surface area (TPSA) is 48.4 Å². The molecule has 18 heavy (non-hydrogen) atoms. The van der Waals surface area contributed by atoms with Crippen LogP contribution in [0, 0.1) is 5.41 Å². The van der Waals surface area contributed by atoms with Crippen LogP contribution in [0.3, 0.4) is 0 Å². The number of rotatable bonds is 3. The summed E-state index contributed by atoms with van der Waals surface area (Å²) in [6.07, 6.45) is 0.718. The summed E-state index contributed by atoms with van der Waals surface area (Å²) in [7, 11) is 3.60. The molecular weight excluding hydrogens is 226 g/mol. The Morgan fingerprint density at radius 3 is 2.61 bits per heavy atom. The number of ether oxygens (including phenoxy) is 1. The van der Waals surface area contributed by atoms with Gasteiger partial charge in [0.1, 0.15) is 11.9 Å². The van der Waals surface area contributed by atoms with Gasteiger partial charge in [0, 0.05) is 19.3 Å². The van der Waals surface area contributed by atoms with Crippen LogP contribution in [-0.4, -0.2) is 38.2 Å². The van der Waals surface area contributed by atoms with Crippen molar-refractivity contribution in [2.45, 2.75) is 25.0 Å². The van der Waals surface area contributed by atoms with Crippen LogP contribution in [0.15, 0.2) is 30.3 Å². The van der Waals surface area contributed by atoms with Crippen LogP contribution in [0.4, 0.5) is 5.69 Å². The summed E-state index contributed by atoms with van der Waals surface area (Å²) < 4.78 is 5.53. The van der Waals surface area contributed by atoms with E-state index in [4.69, 9.17) is 10.1 Å². The maximum Gasteiger partial charge on any atom is 0.132 e. The Balaban J connectivity index is 2.26. The lowest BCUT2D eigenvalue weighted by molar-refractivity contribution is 0.0653. The van der Waals surface area contributed by atoms with E-state index >= 15 is 0 Å². The number of hydrogen-bond acceptors (Lipinski definition) is 3. The standard InChI is InChI=1S/C14H21N3O/c1-14(16-2)9-10-17(13(15)12(14)18-3)11-7-5-4-6-8-11/h4-8,12,15-16H,9-10H2,1-3H3. The molecule has 1 aliphatic rings. The highest BCUT2D eigenvalue weighted by atomic mass is 16.5. The molecule has 1 saturated heterocycles. The zero-order valence-corrected chi connectivity index (χ0v) is 11.2. The molecule has 4 nitrogen and oxygen atoms in total. The minimum Gasteiger partial charge on any atom is -0.372 e. The van der Waals surface area contributed by atoms with Crippen molar-refractivity contribution in [2.24, 2.45) is 0 Å². The largest absolute Gasteiger partial charge is 0.372 e. The van der Waals surface area contributed by atoms with Crippen LogP contribution >= 0.6 is 0 Å². The molecule has 0 aliphatic carbocycles. The summed E-state index contributed by atoms with van der Waals surface area (Å²) in [4.78, 5) is 2.02. The van der Waals surface area contributed by atoms with E-state index in [2.05, 4.69) is 12.2 Å². The minimum absolute atomic E-state index is 0.170. The Morgan fingerprint density at radius 2 is 2.06 bits per heavy atom. The molecule has 0 saturated carbocycles. The molecule has 2 N–H and O–H groups in total. The summed E-state index contributed by atoms with van der Waals surface area (Å²) in [6, 6.07) is 10.0. The van der Waals surface area contributed by atoms with Gasteiger partial charge in [-0.15, -0.1) is 0 Å². The maximum atomic E-state index is 8.36. The maximum absolute atomic E-state index is 8.36. The molecule has 0 spiro atoms. The summed E-state index contributed by atoms with van der Waals surface area (Å²) in [5, 5.41) is 11.7. The van der Waals surface area contributed by atoms with E-state index in [1.54, 1.807) is 7.11 Å². The monoisotopic (exact) mass is 247 g/mol. The number of methoxy groups -OCH3 is 1. The molecule has 1 aromatic rings. The van der Waals surface area contributed by atoms with Gasteiger partial charge in [-0.3, -0.25) is 5.41 Å². The van der Waals surface area contributed by atoms with Gasteiger partial charge >= 0.3 is 0 Å². The first-order valence-corrected chi connectivity index (χ1v) is 6.25. The number of nitrogens with one attached hydrogen (secondary N) is 2. The van der Waals surface area contributed by atoms with Gasteiger partial charge in [-0.2, -0.15) is 0 Å². The van der Waals surface area contributed by atoms with E-state index in [0.29, 0.717) is 5.84 Å². The second kappa shape index (κ2) is 5.08. The van der Waals surface area contributed by atoms with Gasteiger partial charge in [0.2, 0.25) is 0 Å². The van der Waals surface area contributed by atoms with Gasteiger partial charge in [0.25, 0.3) is 0 Å². The second-order valence-corrected chi connectivity index (χ2v) is 4.91. The Hall–Kier alpha value is -1.39. The first kappa shape index (κ1) is 13.1. The van der Waals surface area contributed by atoms with Crippen molar-refractivity contribution in [3.8, 4) is 0 Å². The van der Waals surface area contributed by atoms with E-state index in [9.17, 15) is 0 Å². The van der Waals surface area contributed by atoms with Crippen molar-refractivity contribution in [2.75, 3.05) is 25.6 Å². The Morgan fingerprint density at radius 1 is 1.39 bits per heavy atom. The van der Waals surface area contributed by atoms with E-state index in [0.717, 1.165) is 18.7 Å². The lowest BCUT2D eigenvalue weighted by Gasteiger charge is -2.45. The van der Waals surface area contributed by atoms with Crippen LogP contribution in [0.1, 0.15) is 13.3 Å². The van der Waals surface area contributed by atoms with Gasteiger partial charge in [0.15, 0.2) is 0 Å². The molecule has 2 rings (SSSR count). The summed E-state index contributed by atoms with van der Waals surface area (Å²) in [5.74, 6) is 0.520. The van der Waals surface area contributed by atoms with E-state index in [1.165, 1.54) is 0 Å². The number of anilines is 1. The third-order valence-electron chi connectivity index (χ3n) is 3.85. The van der Waals surface area contributed by atoms with E-state index < -0.39 is 0 Å². The molecule has 1 fully saturated rings. The Bertz CT molecular complexity index is 420. The third kappa shape index (κ3) is 2.13. The molecule has 2 atom stereocenters. The second-order valence-electron chi connectivity index (χ2n) is 4.91. The smallest absolute Gasteiger partial charge is 0.132 e. The van der Waals surface area contributed by atoms with Crippen molar-refractivity contribution in [1.29, 1.82) is 5.41 Å². The lowest BCUT2D eigenvalue weighted by atomic mass is 9.85. The lowest BCUT2D eigenvalue weighted by Crippen LogP contribution is -2.63. The molecular formula is C14H21N3O. The quantitative estimate of drug-likeness (QED) is 0.857. The molecule has 1 aromatic carbocycles. The van der Waals surface area contributed by atoms with Crippen molar-refractivity contribution < 1.29 is 4.74 Å². The van der Waals surface area contributed by atoms with Gasteiger partial charge in [0.05, 0.1) is 5.54 Å². The van der Waals surface area contributed by atoms with Crippen LogP contribution in [0.5, 0.6) is 0 Å². The minimum atomic E-state index is -0.226. The molecule has 1 aliphatic heterocycles. The van der Waals surface area contributed by atoms with E-state index in [1.807, 2.05) is 42.3 Å². The summed E-state index contributed by atoms with van der Waals surface area (Å²) >= 11 is 0. The van der Waals surface area contributed by atoms with Crippen LogP contribution in [-0.2, 0) is 4.74 Å². The van der Waals surface area contributed by atoms with Crippen molar-refractivity contribution in [1.82, 2.24) is 5.32 Å². The Labute approximate surface area is 108 Å². The predicted molar refractivity (Wildman–Crippen MR) is 74.4 cm³/mol. The number of benzene rings is 1. The number of para-hydroxylation sites is 1. The van der Waals surface area contributed by atoms with Gasteiger partial charge in [-0.1, -0.05) is 18.2 Å². The van der Waals surface area contributed by atoms with Gasteiger partial charge < -0.3 is 15.0 Å². The molecule has 98 valence electrons. The predicted octanol–water partition coefficient (Wildman–Crippen LogP) is 1.87. The number of likely N-dealkylation sites (N-methyl/N-ethyl adjacent to an activating group) is 1. The highest BCUT2D eigenvalue weighted by molar-refractivity contribution is 6.00.